The number of amides is 2. The Morgan fingerprint density at radius 3 is 2.77 bits per heavy atom. The van der Waals surface area contributed by atoms with Gasteiger partial charge in [-0.05, 0) is 19.1 Å². The lowest BCUT2D eigenvalue weighted by molar-refractivity contribution is -0.120. The molecule has 7 nitrogen and oxygen atoms in total. The van der Waals surface area contributed by atoms with Gasteiger partial charge in [-0.2, -0.15) is 9.37 Å². The molecule has 1 atom stereocenters. The summed E-state index contributed by atoms with van der Waals surface area (Å²) in [4.78, 5) is 33.9. The highest BCUT2D eigenvalue weighted by Crippen LogP contribution is 2.21. The van der Waals surface area contributed by atoms with Gasteiger partial charge in [0.2, 0.25) is 11.7 Å². The number of hydrogen-bond acceptors (Lipinski definition) is 5. The molecular formula is C18H19FN4O3. The molecule has 0 radical (unpaired) electrons. The van der Waals surface area contributed by atoms with E-state index in [-0.39, 0.29) is 30.2 Å². The predicted molar refractivity (Wildman–Crippen MR) is 92.1 cm³/mol. The molecule has 0 spiro atoms. The first kappa shape index (κ1) is 17.8. The minimum Gasteiger partial charge on any atom is -0.479 e. The molecule has 1 aliphatic rings. The Morgan fingerprint density at radius 1 is 1.35 bits per heavy atom. The number of nitrogens with zero attached hydrogens (tertiary/aromatic N) is 3. The maximum Gasteiger partial charge on any atom is 0.254 e. The Balaban J connectivity index is 1.80. The van der Waals surface area contributed by atoms with Crippen molar-refractivity contribution in [2.45, 2.75) is 19.4 Å². The van der Waals surface area contributed by atoms with Crippen molar-refractivity contribution in [2.75, 3.05) is 20.2 Å². The summed E-state index contributed by atoms with van der Waals surface area (Å²) in [5.74, 6) is -0.657. The lowest BCUT2D eigenvalue weighted by atomic mass is 10.1. The molecule has 1 N–H and O–H groups in total. The van der Waals surface area contributed by atoms with E-state index in [1.807, 2.05) is 6.92 Å². The average Bonchev–Trinajstić information content (AvgIpc) is 2.83. The van der Waals surface area contributed by atoms with Gasteiger partial charge in [-0.25, -0.2) is 4.98 Å². The van der Waals surface area contributed by atoms with E-state index in [0.29, 0.717) is 30.0 Å². The summed E-state index contributed by atoms with van der Waals surface area (Å²) in [6, 6.07) is 6.66. The summed E-state index contributed by atoms with van der Waals surface area (Å²) in [7, 11) is 1.33. The fraction of sp³-hybridized carbons (Fsp3) is 0.333. The Hall–Kier alpha value is -3.03. The highest BCUT2D eigenvalue weighted by molar-refractivity contribution is 5.95. The van der Waals surface area contributed by atoms with Crippen LogP contribution in [0.3, 0.4) is 0 Å². The Morgan fingerprint density at radius 2 is 2.08 bits per heavy atom. The van der Waals surface area contributed by atoms with Crippen LogP contribution in [0.25, 0.3) is 11.4 Å². The monoisotopic (exact) mass is 358 g/mol. The molecule has 0 saturated carbocycles. The molecule has 2 aromatic rings. The number of carbonyl (C=O) groups is 2. The summed E-state index contributed by atoms with van der Waals surface area (Å²) in [5, 5.41) is 2.78. The first-order valence-electron chi connectivity index (χ1n) is 8.24. The minimum atomic E-state index is -0.638. The molecule has 1 fully saturated rings. The van der Waals surface area contributed by atoms with E-state index < -0.39 is 5.82 Å². The summed E-state index contributed by atoms with van der Waals surface area (Å²) in [6.07, 6.45) is 1.33. The van der Waals surface area contributed by atoms with Gasteiger partial charge >= 0.3 is 0 Å². The van der Waals surface area contributed by atoms with Crippen LogP contribution < -0.4 is 10.1 Å². The molecule has 0 aliphatic carbocycles. The Bertz CT molecular complexity index is 826. The van der Waals surface area contributed by atoms with E-state index >= 15 is 0 Å². The van der Waals surface area contributed by atoms with Crippen LogP contribution in [0.4, 0.5) is 4.39 Å². The third kappa shape index (κ3) is 3.63. The van der Waals surface area contributed by atoms with Crippen LogP contribution in [0.15, 0.2) is 30.5 Å². The second kappa shape index (κ2) is 7.47. The van der Waals surface area contributed by atoms with Gasteiger partial charge in [0.15, 0.2) is 5.82 Å². The third-order valence-corrected chi connectivity index (χ3v) is 4.26. The molecule has 2 heterocycles. The highest BCUT2D eigenvalue weighted by Gasteiger charge is 2.25. The summed E-state index contributed by atoms with van der Waals surface area (Å²) in [5.41, 5.74) is 1.14. The number of nitrogens with one attached hydrogen (secondary N) is 1. The van der Waals surface area contributed by atoms with Crippen LogP contribution in [0, 0.1) is 5.82 Å². The molecule has 136 valence electrons. The number of carbonyl (C=O) groups excluding carboxylic acids is 2. The maximum absolute atomic E-state index is 13.4. The molecule has 2 amide bonds. The zero-order valence-electron chi connectivity index (χ0n) is 14.5. The SMILES string of the molecule is COc1nc(-c2ccc(C(=O)N3CCC(=O)NC[C@H]3C)cc2)ncc1F. The fourth-order valence-corrected chi connectivity index (χ4v) is 2.77. The van der Waals surface area contributed by atoms with Crippen molar-refractivity contribution in [3.8, 4) is 17.3 Å². The first-order chi connectivity index (χ1) is 12.5. The van der Waals surface area contributed by atoms with Crippen LogP contribution in [0.1, 0.15) is 23.7 Å². The number of benzene rings is 1. The van der Waals surface area contributed by atoms with E-state index in [9.17, 15) is 14.0 Å². The van der Waals surface area contributed by atoms with Gasteiger partial charge in [-0.3, -0.25) is 9.59 Å². The van der Waals surface area contributed by atoms with Crippen molar-refractivity contribution >= 4 is 11.8 Å². The second-order valence-electron chi connectivity index (χ2n) is 6.03. The number of methoxy groups -OCH3 is 1. The van der Waals surface area contributed by atoms with Crippen molar-refractivity contribution in [1.82, 2.24) is 20.2 Å². The molecule has 0 unspecified atom stereocenters. The van der Waals surface area contributed by atoms with Crippen molar-refractivity contribution in [3.05, 3.63) is 41.8 Å². The van der Waals surface area contributed by atoms with Crippen LogP contribution in [0.2, 0.25) is 0 Å². The third-order valence-electron chi connectivity index (χ3n) is 4.26. The lowest BCUT2D eigenvalue weighted by Crippen LogP contribution is -2.41. The van der Waals surface area contributed by atoms with Gasteiger partial charge in [-0.1, -0.05) is 12.1 Å². The normalized spacial score (nSPS) is 17.4. The summed E-state index contributed by atoms with van der Waals surface area (Å²) in [6.45, 7) is 2.72. The number of aromatic nitrogens is 2. The largest absolute Gasteiger partial charge is 0.479 e. The molecule has 1 aromatic heterocycles. The van der Waals surface area contributed by atoms with Crippen LogP contribution >= 0.6 is 0 Å². The Labute approximate surface area is 150 Å². The predicted octanol–water partition coefficient (Wildman–Crippen LogP) is 1.64. The molecule has 0 bridgehead atoms. The average molecular weight is 358 g/mol. The molecule has 8 heteroatoms. The van der Waals surface area contributed by atoms with Gasteiger partial charge in [0.1, 0.15) is 0 Å². The van der Waals surface area contributed by atoms with E-state index in [2.05, 4.69) is 15.3 Å². The molecule has 1 aromatic carbocycles. The van der Waals surface area contributed by atoms with E-state index in [4.69, 9.17) is 4.74 Å². The van der Waals surface area contributed by atoms with E-state index in [1.54, 1.807) is 29.2 Å². The van der Waals surface area contributed by atoms with E-state index in [0.717, 1.165) is 6.20 Å². The van der Waals surface area contributed by atoms with Gasteiger partial charge < -0.3 is 15.0 Å². The molecule has 3 rings (SSSR count). The standard InChI is InChI=1S/C18H19FN4O3/c1-11-9-20-15(24)7-8-23(11)18(25)13-5-3-12(4-6-13)16-21-10-14(19)17(22-16)26-2/h3-6,10-11H,7-9H2,1-2H3,(H,20,24)/t11-/m1/s1. The smallest absolute Gasteiger partial charge is 0.254 e. The zero-order valence-corrected chi connectivity index (χ0v) is 14.5. The second-order valence-corrected chi connectivity index (χ2v) is 6.03. The zero-order chi connectivity index (χ0) is 18.7. The molecule has 26 heavy (non-hydrogen) atoms. The van der Waals surface area contributed by atoms with E-state index in [1.165, 1.54) is 7.11 Å². The number of hydrogen-bond donors (Lipinski definition) is 1. The molecule has 1 saturated heterocycles. The summed E-state index contributed by atoms with van der Waals surface area (Å²) < 4.78 is 18.3. The minimum absolute atomic E-state index is 0.0510. The highest BCUT2D eigenvalue weighted by atomic mass is 19.1. The topological polar surface area (TPSA) is 84.4 Å². The maximum atomic E-state index is 13.4. The number of halogens is 1. The van der Waals surface area contributed by atoms with Crippen molar-refractivity contribution < 1.29 is 18.7 Å². The van der Waals surface area contributed by atoms with Gasteiger partial charge in [0, 0.05) is 36.7 Å². The Kier molecular flexibility index (Phi) is 5.11. The van der Waals surface area contributed by atoms with Crippen molar-refractivity contribution in [1.29, 1.82) is 0 Å². The number of ether oxygens (including phenoxy) is 1. The lowest BCUT2D eigenvalue weighted by Gasteiger charge is -2.26. The van der Waals surface area contributed by atoms with Crippen molar-refractivity contribution in [3.63, 3.8) is 0 Å². The van der Waals surface area contributed by atoms with Crippen LogP contribution in [-0.2, 0) is 4.79 Å². The summed E-state index contributed by atoms with van der Waals surface area (Å²) >= 11 is 0. The fourth-order valence-electron chi connectivity index (χ4n) is 2.77. The number of rotatable bonds is 3. The van der Waals surface area contributed by atoms with Crippen LogP contribution in [-0.4, -0.2) is 52.9 Å². The van der Waals surface area contributed by atoms with Crippen LogP contribution in [0.5, 0.6) is 5.88 Å². The van der Waals surface area contributed by atoms with Gasteiger partial charge in [0.25, 0.3) is 11.8 Å². The quantitative estimate of drug-likeness (QED) is 0.902. The first-order valence-corrected chi connectivity index (χ1v) is 8.24. The van der Waals surface area contributed by atoms with Crippen molar-refractivity contribution in [2.24, 2.45) is 0 Å². The van der Waals surface area contributed by atoms with Gasteiger partial charge in [-0.15, -0.1) is 0 Å². The van der Waals surface area contributed by atoms with Gasteiger partial charge in [0.05, 0.1) is 13.3 Å². The molecular weight excluding hydrogens is 339 g/mol. The molecule has 1 aliphatic heterocycles.